The van der Waals surface area contributed by atoms with E-state index in [1.807, 2.05) is 6.92 Å². The molecule has 72 valence electrons. The van der Waals surface area contributed by atoms with Gasteiger partial charge in [-0.05, 0) is 6.92 Å². The molecule has 0 aliphatic rings. The number of nitrogen functional groups attached to an aromatic ring is 1. The number of nitrogens with zero attached hydrogens (tertiary/aromatic N) is 2. The fourth-order valence-electron chi connectivity index (χ4n) is 0.767. The zero-order chi connectivity index (χ0) is 9.84. The molecule has 2 N–H and O–H groups in total. The van der Waals surface area contributed by atoms with Crippen LogP contribution in [0, 0.1) is 0 Å². The van der Waals surface area contributed by atoms with Gasteiger partial charge in [0.25, 0.3) is 5.56 Å². The number of hydrogen-bond acceptors (Lipinski definition) is 4. The third-order valence-electron chi connectivity index (χ3n) is 1.46. The molecule has 0 unspecified atom stereocenters. The van der Waals surface area contributed by atoms with Crippen LogP contribution >= 0.6 is 11.6 Å². The Morgan fingerprint density at radius 3 is 3.08 bits per heavy atom. The molecule has 13 heavy (non-hydrogen) atoms. The quantitative estimate of drug-likeness (QED) is 0.726. The van der Waals surface area contributed by atoms with Crippen molar-refractivity contribution in [1.29, 1.82) is 0 Å². The first-order valence-corrected chi connectivity index (χ1v) is 4.12. The number of ether oxygens (including phenoxy) is 1. The first-order valence-electron chi connectivity index (χ1n) is 3.75. The van der Waals surface area contributed by atoms with Gasteiger partial charge in [0.2, 0.25) is 0 Å². The highest BCUT2D eigenvalue weighted by Crippen LogP contribution is 2.07. The van der Waals surface area contributed by atoms with E-state index in [9.17, 15) is 4.79 Å². The van der Waals surface area contributed by atoms with Gasteiger partial charge in [0.1, 0.15) is 18.7 Å². The van der Waals surface area contributed by atoms with E-state index in [0.29, 0.717) is 6.61 Å². The molecule has 1 aromatic heterocycles. The highest BCUT2D eigenvalue weighted by atomic mass is 35.5. The first kappa shape index (κ1) is 10.0. The van der Waals surface area contributed by atoms with Crippen LogP contribution in [0.4, 0.5) is 5.69 Å². The Bertz CT molecular complexity index is 350. The van der Waals surface area contributed by atoms with Gasteiger partial charge >= 0.3 is 0 Å². The second kappa shape index (κ2) is 4.25. The van der Waals surface area contributed by atoms with Gasteiger partial charge < -0.3 is 10.5 Å². The molecule has 5 nitrogen and oxygen atoms in total. The second-order valence-corrected chi connectivity index (χ2v) is 2.70. The van der Waals surface area contributed by atoms with Crippen molar-refractivity contribution in [1.82, 2.24) is 9.55 Å². The average Bonchev–Trinajstić information content (AvgIpc) is 2.13. The molecule has 1 heterocycles. The maximum Gasteiger partial charge on any atom is 0.279 e. The van der Waals surface area contributed by atoms with Crippen molar-refractivity contribution in [2.75, 3.05) is 12.3 Å². The summed E-state index contributed by atoms with van der Waals surface area (Å²) in [5.74, 6) is 0. The van der Waals surface area contributed by atoms with Crippen molar-refractivity contribution in [2.24, 2.45) is 0 Å². The number of hydrogen-bond donors (Lipinski definition) is 1. The molecule has 0 atom stereocenters. The van der Waals surface area contributed by atoms with E-state index in [0.717, 1.165) is 0 Å². The van der Waals surface area contributed by atoms with Crippen LogP contribution in [-0.2, 0) is 11.5 Å². The van der Waals surface area contributed by atoms with Crippen LogP contribution < -0.4 is 11.3 Å². The number of nitrogens with two attached hydrogens (primary N) is 1. The zero-order valence-corrected chi connectivity index (χ0v) is 7.91. The Morgan fingerprint density at radius 2 is 2.46 bits per heavy atom. The fourth-order valence-corrected chi connectivity index (χ4v) is 0.891. The maximum absolute atomic E-state index is 11.3. The van der Waals surface area contributed by atoms with Crippen molar-refractivity contribution in [3.63, 3.8) is 0 Å². The number of anilines is 1. The van der Waals surface area contributed by atoms with Crippen molar-refractivity contribution < 1.29 is 4.74 Å². The van der Waals surface area contributed by atoms with Gasteiger partial charge in [0.05, 0.1) is 0 Å². The van der Waals surface area contributed by atoms with E-state index in [1.165, 1.54) is 10.9 Å². The Balaban J connectivity index is 2.97. The van der Waals surface area contributed by atoms with Gasteiger partial charge in [-0.25, -0.2) is 4.98 Å². The lowest BCUT2D eigenvalue weighted by molar-refractivity contribution is 0.0848. The van der Waals surface area contributed by atoms with Crippen LogP contribution in [0.3, 0.4) is 0 Å². The van der Waals surface area contributed by atoms with E-state index in [-0.39, 0.29) is 23.1 Å². The molecule has 1 aromatic rings. The Hall–Kier alpha value is -1.07. The van der Waals surface area contributed by atoms with Crippen LogP contribution in [0.5, 0.6) is 0 Å². The van der Waals surface area contributed by atoms with Crippen molar-refractivity contribution in [3.05, 3.63) is 21.8 Å². The molecule has 0 spiro atoms. The molecule has 6 heteroatoms. The SMILES string of the molecule is CCOCn1cnc(Cl)c(N)c1=O. The predicted octanol–water partition coefficient (Wildman–Crippen LogP) is 0.473. The summed E-state index contributed by atoms with van der Waals surface area (Å²) >= 11 is 5.53. The topological polar surface area (TPSA) is 70.1 Å². The standard InChI is InChI=1S/C7H10ClN3O2/c1-2-13-4-11-3-10-6(8)5(9)7(11)12/h3H,2,4,9H2,1H3. The minimum atomic E-state index is -0.381. The van der Waals surface area contributed by atoms with Gasteiger partial charge in [0, 0.05) is 6.61 Å². The second-order valence-electron chi connectivity index (χ2n) is 2.35. The number of rotatable bonds is 3. The van der Waals surface area contributed by atoms with Crippen LogP contribution in [0.1, 0.15) is 6.92 Å². The molecular formula is C7H10ClN3O2. The van der Waals surface area contributed by atoms with Gasteiger partial charge in [-0.1, -0.05) is 11.6 Å². The zero-order valence-electron chi connectivity index (χ0n) is 7.16. The molecule has 0 amide bonds. The Labute approximate surface area is 80.1 Å². The largest absolute Gasteiger partial charge is 0.392 e. The first-order chi connectivity index (χ1) is 6.16. The Kier molecular flexibility index (Phi) is 3.27. The summed E-state index contributed by atoms with van der Waals surface area (Å²) in [6.45, 7) is 2.50. The summed E-state index contributed by atoms with van der Waals surface area (Å²) in [4.78, 5) is 15.0. The van der Waals surface area contributed by atoms with E-state index in [1.54, 1.807) is 0 Å². The molecule has 0 fully saturated rings. The van der Waals surface area contributed by atoms with Gasteiger partial charge in [-0.3, -0.25) is 9.36 Å². The molecule has 1 rings (SSSR count). The Morgan fingerprint density at radius 1 is 1.77 bits per heavy atom. The van der Waals surface area contributed by atoms with Crippen molar-refractivity contribution in [2.45, 2.75) is 13.7 Å². The smallest absolute Gasteiger partial charge is 0.279 e. The fraction of sp³-hybridized carbons (Fsp3) is 0.429. The van der Waals surface area contributed by atoms with E-state index < -0.39 is 0 Å². The average molecular weight is 204 g/mol. The summed E-state index contributed by atoms with van der Waals surface area (Å²) in [7, 11) is 0. The summed E-state index contributed by atoms with van der Waals surface area (Å²) in [6, 6.07) is 0. The number of aromatic nitrogens is 2. The summed E-state index contributed by atoms with van der Waals surface area (Å²) < 4.78 is 6.27. The molecule has 0 radical (unpaired) electrons. The van der Waals surface area contributed by atoms with Crippen LogP contribution in [-0.4, -0.2) is 16.2 Å². The third-order valence-corrected chi connectivity index (χ3v) is 1.76. The van der Waals surface area contributed by atoms with E-state index in [4.69, 9.17) is 22.1 Å². The summed E-state index contributed by atoms with van der Waals surface area (Å²) in [5, 5.41) is 0.0257. The summed E-state index contributed by atoms with van der Waals surface area (Å²) in [5.41, 5.74) is 4.94. The van der Waals surface area contributed by atoms with Crippen LogP contribution in [0.2, 0.25) is 5.15 Å². The molecular weight excluding hydrogens is 194 g/mol. The van der Waals surface area contributed by atoms with E-state index in [2.05, 4.69) is 4.98 Å². The minimum absolute atomic E-state index is 0.0257. The highest BCUT2D eigenvalue weighted by molar-refractivity contribution is 6.31. The predicted molar refractivity (Wildman–Crippen MR) is 49.5 cm³/mol. The van der Waals surface area contributed by atoms with Crippen LogP contribution in [0.25, 0.3) is 0 Å². The minimum Gasteiger partial charge on any atom is -0.392 e. The molecule has 0 aliphatic heterocycles. The van der Waals surface area contributed by atoms with Crippen molar-refractivity contribution in [3.8, 4) is 0 Å². The third kappa shape index (κ3) is 2.19. The maximum atomic E-state index is 11.3. The van der Waals surface area contributed by atoms with Crippen LogP contribution in [0.15, 0.2) is 11.1 Å². The monoisotopic (exact) mass is 203 g/mol. The lowest BCUT2D eigenvalue weighted by Gasteiger charge is -2.05. The molecule has 0 saturated heterocycles. The summed E-state index contributed by atoms with van der Waals surface area (Å²) in [6.07, 6.45) is 1.30. The van der Waals surface area contributed by atoms with Crippen molar-refractivity contribution >= 4 is 17.3 Å². The van der Waals surface area contributed by atoms with Gasteiger partial charge in [-0.15, -0.1) is 0 Å². The lowest BCUT2D eigenvalue weighted by atomic mass is 10.5. The molecule has 0 saturated carbocycles. The highest BCUT2D eigenvalue weighted by Gasteiger charge is 2.04. The number of halogens is 1. The molecule has 0 aliphatic carbocycles. The molecule has 0 bridgehead atoms. The van der Waals surface area contributed by atoms with Gasteiger partial charge in [-0.2, -0.15) is 0 Å². The lowest BCUT2D eigenvalue weighted by Crippen LogP contribution is -2.24. The molecule has 0 aromatic carbocycles. The van der Waals surface area contributed by atoms with Gasteiger partial charge in [0.15, 0.2) is 5.15 Å². The van der Waals surface area contributed by atoms with E-state index >= 15 is 0 Å². The normalized spacial score (nSPS) is 10.3.